The van der Waals surface area contributed by atoms with Crippen LogP contribution in [0.5, 0.6) is 6.01 Å². The standard InChI is InChI=1S/C25H37N9O2/c1-5-7-20(6-2)36-25-30-22(26)24-29-15-19(34(24)31-25)13-18-12-17(3)23(28-14-18)33-10-8-32(9-11-33)21(35)16-27-4/h12,14-15,20,27H,5-11,13,16H2,1-4H3,(H2,26,30,31)/t20-/m0/s1. The Kier molecular flexibility index (Phi) is 8.19. The van der Waals surface area contributed by atoms with Gasteiger partial charge in [0.1, 0.15) is 11.9 Å². The number of nitrogens with zero attached hydrogens (tertiary/aromatic N) is 7. The number of pyridine rings is 1. The van der Waals surface area contributed by atoms with Gasteiger partial charge in [0.15, 0.2) is 11.5 Å². The van der Waals surface area contributed by atoms with Gasteiger partial charge < -0.3 is 25.6 Å². The number of nitrogens with two attached hydrogens (primary N) is 1. The summed E-state index contributed by atoms with van der Waals surface area (Å²) in [6.45, 7) is 9.61. The molecule has 36 heavy (non-hydrogen) atoms. The molecule has 11 heteroatoms. The van der Waals surface area contributed by atoms with Crippen LogP contribution in [-0.2, 0) is 11.2 Å². The summed E-state index contributed by atoms with van der Waals surface area (Å²) in [6.07, 6.45) is 7.18. The maximum Gasteiger partial charge on any atom is 0.336 e. The molecule has 3 aromatic heterocycles. The maximum atomic E-state index is 12.1. The lowest BCUT2D eigenvalue weighted by atomic mass is 10.1. The molecule has 1 saturated heterocycles. The van der Waals surface area contributed by atoms with Gasteiger partial charge in [-0.3, -0.25) is 4.79 Å². The van der Waals surface area contributed by atoms with Crippen LogP contribution in [0.15, 0.2) is 18.5 Å². The number of rotatable bonds is 10. The monoisotopic (exact) mass is 495 g/mol. The first-order chi connectivity index (χ1) is 17.4. The summed E-state index contributed by atoms with van der Waals surface area (Å²) in [7, 11) is 1.79. The highest BCUT2D eigenvalue weighted by Crippen LogP contribution is 2.23. The van der Waals surface area contributed by atoms with Gasteiger partial charge in [-0.15, -0.1) is 5.10 Å². The fourth-order valence-electron chi connectivity index (χ4n) is 4.61. The Morgan fingerprint density at radius 2 is 1.97 bits per heavy atom. The van der Waals surface area contributed by atoms with Crippen molar-refractivity contribution in [2.24, 2.45) is 0 Å². The van der Waals surface area contributed by atoms with Gasteiger partial charge in [-0.1, -0.05) is 26.3 Å². The van der Waals surface area contributed by atoms with E-state index in [9.17, 15) is 4.79 Å². The first kappa shape index (κ1) is 25.6. The Balaban J connectivity index is 1.48. The Bertz CT molecular complexity index is 1190. The number of carbonyl (C=O) groups excluding carboxylic acids is 1. The molecule has 0 bridgehead atoms. The van der Waals surface area contributed by atoms with Gasteiger partial charge in [0.2, 0.25) is 5.91 Å². The summed E-state index contributed by atoms with van der Waals surface area (Å²) < 4.78 is 7.73. The lowest BCUT2D eigenvalue weighted by Gasteiger charge is -2.36. The van der Waals surface area contributed by atoms with E-state index in [1.165, 1.54) is 0 Å². The summed E-state index contributed by atoms with van der Waals surface area (Å²) in [5.41, 5.74) is 9.73. The van der Waals surface area contributed by atoms with E-state index >= 15 is 0 Å². The van der Waals surface area contributed by atoms with Crippen molar-refractivity contribution in [3.05, 3.63) is 35.3 Å². The third-order valence-electron chi connectivity index (χ3n) is 6.53. The Morgan fingerprint density at radius 1 is 1.19 bits per heavy atom. The van der Waals surface area contributed by atoms with Crippen molar-refractivity contribution in [3.8, 4) is 6.01 Å². The number of hydrogen-bond acceptors (Lipinski definition) is 9. The van der Waals surface area contributed by atoms with Gasteiger partial charge in [0, 0.05) is 38.8 Å². The molecule has 194 valence electrons. The zero-order valence-corrected chi connectivity index (χ0v) is 21.7. The molecular formula is C25H37N9O2. The van der Waals surface area contributed by atoms with Crippen molar-refractivity contribution in [2.75, 3.05) is 50.4 Å². The van der Waals surface area contributed by atoms with Crippen molar-refractivity contribution < 1.29 is 9.53 Å². The molecule has 1 fully saturated rings. The van der Waals surface area contributed by atoms with Crippen LogP contribution in [-0.4, -0.2) is 81.2 Å². The lowest BCUT2D eigenvalue weighted by molar-refractivity contribution is -0.130. The van der Waals surface area contributed by atoms with Crippen LogP contribution in [0.1, 0.15) is 49.9 Å². The summed E-state index contributed by atoms with van der Waals surface area (Å²) in [6, 6.07) is 2.42. The molecule has 1 aliphatic rings. The number of carbonyl (C=O) groups is 1. The fraction of sp³-hybridized carbons (Fsp3) is 0.560. The van der Waals surface area contributed by atoms with Crippen LogP contribution >= 0.6 is 0 Å². The number of aromatic nitrogens is 5. The quantitative estimate of drug-likeness (QED) is 0.433. The molecule has 1 atom stereocenters. The minimum Gasteiger partial charge on any atom is -0.459 e. The summed E-state index contributed by atoms with van der Waals surface area (Å²) in [5, 5.41) is 7.51. The minimum absolute atomic E-state index is 0.0570. The van der Waals surface area contributed by atoms with Crippen molar-refractivity contribution in [1.82, 2.24) is 34.8 Å². The van der Waals surface area contributed by atoms with Crippen LogP contribution in [0.2, 0.25) is 0 Å². The molecule has 4 rings (SSSR count). The second kappa shape index (κ2) is 11.5. The molecule has 1 aliphatic heterocycles. The molecule has 11 nitrogen and oxygen atoms in total. The first-order valence-electron chi connectivity index (χ1n) is 12.7. The second-order valence-electron chi connectivity index (χ2n) is 9.26. The molecule has 0 unspecified atom stereocenters. The molecule has 0 aromatic carbocycles. The number of piperazine rings is 1. The Hall–Kier alpha value is -3.47. The molecule has 0 radical (unpaired) electrons. The van der Waals surface area contributed by atoms with E-state index < -0.39 is 0 Å². The van der Waals surface area contributed by atoms with Crippen LogP contribution in [0, 0.1) is 6.92 Å². The van der Waals surface area contributed by atoms with E-state index in [4.69, 9.17) is 15.5 Å². The molecule has 1 amide bonds. The minimum atomic E-state index is 0.0570. The average Bonchev–Trinajstić information content (AvgIpc) is 3.27. The highest BCUT2D eigenvalue weighted by atomic mass is 16.5. The van der Waals surface area contributed by atoms with E-state index in [1.54, 1.807) is 17.8 Å². The Morgan fingerprint density at radius 3 is 2.64 bits per heavy atom. The number of anilines is 2. The van der Waals surface area contributed by atoms with E-state index in [-0.39, 0.29) is 18.0 Å². The van der Waals surface area contributed by atoms with Crippen molar-refractivity contribution >= 4 is 23.2 Å². The van der Waals surface area contributed by atoms with Gasteiger partial charge in [0.25, 0.3) is 0 Å². The number of fused-ring (bicyclic) bond motifs is 1. The van der Waals surface area contributed by atoms with Crippen molar-refractivity contribution in [1.29, 1.82) is 0 Å². The van der Waals surface area contributed by atoms with E-state index in [0.29, 0.717) is 37.5 Å². The molecular weight excluding hydrogens is 458 g/mol. The zero-order valence-electron chi connectivity index (χ0n) is 21.7. The lowest BCUT2D eigenvalue weighted by Crippen LogP contribution is -2.51. The molecule has 0 saturated carbocycles. The topological polar surface area (TPSA) is 127 Å². The Labute approximate surface area is 212 Å². The number of amides is 1. The number of aryl methyl sites for hydroxylation is 1. The highest BCUT2D eigenvalue weighted by Gasteiger charge is 2.22. The van der Waals surface area contributed by atoms with E-state index in [1.807, 2.05) is 11.1 Å². The largest absolute Gasteiger partial charge is 0.459 e. The SMILES string of the molecule is CCC[C@H](CC)Oc1nc(N)c2ncc(Cc3cnc(N4CCN(C(=O)CNC)CC4)c(C)c3)n2n1. The summed E-state index contributed by atoms with van der Waals surface area (Å²) in [5.74, 6) is 1.40. The molecule has 0 aliphatic carbocycles. The number of ether oxygens (including phenoxy) is 1. The zero-order chi connectivity index (χ0) is 25.7. The van der Waals surface area contributed by atoms with Gasteiger partial charge in [-0.2, -0.15) is 4.98 Å². The third-order valence-corrected chi connectivity index (χ3v) is 6.53. The first-order valence-corrected chi connectivity index (χ1v) is 12.7. The van der Waals surface area contributed by atoms with Gasteiger partial charge >= 0.3 is 6.01 Å². The molecule has 0 spiro atoms. The summed E-state index contributed by atoms with van der Waals surface area (Å²) >= 11 is 0. The number of likely N-dealkylation sites (N-methyl/N-ethyl adjacent to an activating group) is 1. The van der Waals surface area contributed by atoms with Gasteiger partial charge in [0.05, 0.1) is 18.4 Å². The smallest absolute Gasteiger partial charge is 0.336 e. The molecule has 3 aromatic rings. The third kappa shape index (κ3) is 5.67. The van der Waals surface area contributed by atoms with Crippen molar-refractivity contribution in [3.63, 3.8) is 0 Å². The second-order valence-corrected chi connectivity index (χ2v) is 9.26. The fourth-order valence-corrected chi connectivity index (χ4v) is 4.61. The van der Waals surface area contributed by atoms with E-state index in [0.717, 1.165) is 55.0 Å². The number of imidazole rings is 1. The normalized spacial score (nSPS) is 14.9. The van der Waals surface area contributed by atoms with Crippen LogP contribution in [0.3, 0.4) is 0 Å². The predicted octanol–water partition coefficient (Wildman–Crippen LogP) is 1.83. The van der Waals surface area contributed by atoms with Crippen LogP contribution in [0.25, 0.3) is 5.65 Å². The molecule has 4 heterocycles. The number of nitrogen functional groups attached to an aromatic ring is 1. The van der Waals surface area contributed by atoms with E-state index in [2.05, 4.69) is 52.1 Å². The van der Waals surface area contributed by atoms with Gasteiger partial charge in [-0.25, -0.2) is 14.5 Å². The number of hydrogen-bond donors (Lipinski definition) is 2. The predicted molar refractivity (Wildman–Crippen MR) is 139 cm³/mol. The molecule has 3 N–H and O–H groups in total. The van der Waals surface area contributed by atoms with Crippen molar-refractivity contribution in [2.45, 2.75) is 52.6 Å². The van der Waals surface area contributed by atoms with Crippen LogP contribution in [0.4, 0.5) is 11.6 Å². The van der Waals surface area contributed by atoms with Crippen LogP contribution < -0.4 is 20.7 Å². The highest BCUT2D eigenvalue weighted by molar-refractivity contribution is 5.78. The van der Waals surface area contributed by atoms with Gasteiger partial charge in [-0.05, 0) is 37.9 Å². The maximum absolute atomic E-state index is 12.1. The number of nitrogens with one attached hydrogen (secondary N) is 1. The average molecular weight is 496 g/mol. The summed E-state index contributed by atoms with van der Waals surface area (Å²) in [4.78, 5) is 29.8.